The molecule has 0 aliphatic rings. The third-order valence-electron chi connectivity index (χ3n) is 2.42. The van der Waals surface area contributed by atoms with Gasteiger partial charge in [-0.15, -0.1) is 0 Å². The SMILES string of the molecule is COC(CN)CC(=O)NCCNC(=O)C(C)(C)C. The van der Waals surface area contributed by atoms with Gasteiger partial charge in [0.2, 0.25) is 11.8 Å². The van der Waals surface area contributed by atoms with Crippen molar-refractivity contribution in [3.05, 3.63) is 0 Å². The van der Waals surface area contributed by atoms with E-state index in [1.54, 1.807) is 0 Å². The molecule has 0 aromatic heterocycles. The van der Waals surface area contributed by atoms with Crippen molar-refractivity contribution in [2.24, 2.45) is 11.1 Å². The molecule has 0 saturated heterocycles. The molecule has 2 amide bonds. The van der Waals surface area contributed by atoms with Crippen molar-refractivity contribution in [2.75, 3.05) is 26.7 Å². The van der Waals surface area contributed by atoms with Gasteiger partial charge in [0.05, 0.1) is 12.5 Å². The van der Waals surface area contributed by atoms with Gasteiger partial charge >= 0.3 is 0 Å². The lowest BCUT2D eigenvalue weighted by Crippen LogP contribution is -2.40. The number of ether oxygens (including phenoxy) is 1. The minimum Gasteiger partial charge on any atom is -0.380 e. The van der Waals surface area contributed by atoms with Crippen LogP contribution in [0.2, 0.25) is 0 Å². The molecule has 106 valence electrons. The summed E-state index contributed by atoms with van der Waals surface area (Å²) in [5.74, 6) is -0.161. The molecule has 1 unspecified atom stereocenters. The highest BCUT2D eigenvalue weighted by molar-refractivity contribution is 5.81. The van der Waals surface area contributed by atoms with Crippen LogP contribution in [-0.4, -0.2) is 44.7 Å². The average molecular weight is 259 g/mol. The smallest absolute Gasteiger partial charge is 0.225 e. The van der Waals surface area contributed by atoms with Gasteiger partial charge < -0.3 is 21.1 Å². The Hall–Kier alpha value is -1.14. The molecule has 0 spiro atoms. The molecule has 6 nitrogen and oxygen atoms in total. The maximum absolute atomic E-state index is 11.5. The Balaban J connectivity index is 3.73. The van der Waals surface area contributed by atoms with Crippen molar-refractivity contribution in [1.29, 1.82) is 0 Å². The molecule has 0 bridgehead atoms. The fraction of sp³-hybridized carbons (Fsp3) is 0.833. The summed E-state index contributed by atoms with van der Waals surface area (Å²) in [6.07, 6.45) is -0.0191. The largest absolute Gasteiger partial charge is 0.380 e. The summed E-state index contributed by atoms with van der Waals surface area (Å²) in [4.78, 5) is 23.0. The Morgan fingerprint density at radius 2 is 1.78 bits per heavy atom. The van der Waals surface area contributed by atoms with Gasteiger partial charge in [-0.1, -0.05) is 20.8 Å². The fourth-order valence-corrected chi connectivity index (χ4v) is 1.18. The van der Waals surface area contributed by atoms with Crippen LogP contribution in [-0.2, 0) is 14.3 Å². The molecule has 0 fully saturated rings. The first kappa shape index (κ1) is 16.9. The molecular weight excluding hydrogens is 234 g/mol. The molecule has 0 heterocycles. The van der Waals surface area contributed by atoms with E-state index in [0.29, 0.717) is 19.6 Å². The number of nitrogens with two attached hydrogens (primary N) is 1. The zero-order valence-corrected chi connectivity index (χ0v) is 11.7. The lowest BCUT2D eigenvalue weighted by Gasteiger charge is -2.18. The van der Waals surface area contributed by atoms with Gasteiger partial charge in [-0.25, -0.2) is 0 Å². The van der Waals surface area contributed by atoms with E-state index in [2.05, 4.69) is 10.6 Å². The highest BCUT2D eigenvalue weighted by Crippen LogP contribution is 2.11. The number of hydrogen-bond donors (Lipinski definition) is 3. The quantitative estimate of drug-likeness (QED) is 0.544. The summed E-state index contributed by atoms with van der Waals surface area (Å²) in [5, 5.41) is 5.45. The van der Waals surface area contributed by atoms with Crippen LogP contribution in [0.3, 0.4) is 0 Å². The Morgan fingerprint density at radius 1 is 1.22 bits per heavy atom. The van der Waals surface area contributed by atoms with E-state index in [0.717, 1.165) is 0 Å². The Kier molecular flexibility index (Phi) is 7.54. The highest BCUT2D eigenvalue weighted by Gasteiger charge is 2.20. The molecule has 0 aromatic rings. The second kappa shape index (κ2) is 8.05. The molecule has 0 saturated carbocycles. The van der Waals surface area contributed by atoms with Crippen LogP contribution >= 0.6 is 0 Å². The first-order valence-electron chi connectivity index (χ1n) is 6.09. The molecule has 0 aromatic carbocycles. The standard InChI is InChI=1S/C12H25N3O3/c1-12(2,3)11(17)15-6-5-14-10(16)7-9(8-13)18-4/h9H,5-8,13H2,1-4H3,(H,14,16)(H,15,17). The van der Waals surface area contributed by atoms with Crippen LogP contribution in [0.25, 0.3) is 0 Å². The molecule has 0 rings (SSSR count). The average Bonchev–Trinajstić information content (AvgIpc) is 2.30. The van der Waals surface area contributed by atoms with Gasteiger partial charge in [0, 0.05) is 32.2 Å². The molecule has 1 atom stereocenters. The predicted octanol–water partition coefficient (Wildman–Crippen LogP) is -0.371. The first-order valence-corrected chi connectivity index (χ1v) is 6.09. The van der Waals surface area contributed by atoms with Crippen LogP contribution in [0.4, 0.5) is 0 Å². The second-order valence-electron chi connectivity index (χ2n) is 5.15. The lowest BCUT2D eigenvalue weighted by molar-refractivity contribution is -0.129. The molecular formula is C12H25N3O3. The van der Waals surface area contributed by atoms with E-state index in [-0.39, 0.29) is 24.3 Å². The molecule has 0 aliphatic carbocycles. The minimum absolute atomic E-state index is 0.0338. The third kappa shape index (κ3) is 7.24. The molecule has 0 aliphatic heterocycles. The summed E-state index contributed by atoms with van der Waals surface area (Å²) in [5.41, 5.74) is 5.00. The molecule has 18 heavy (non-hydrogen) atoms. The van der Waals surface area contributed by atoms with E-state index in [1.807, 2.05) is 20.8 Å². The number of amides is 2. The van der Waals surface area contributed by atoms with Crippen molar-refractivity contribution < 1.29 is 14.3 Å². The molecule has 0 radical (unpaired) electrons. The number of rotatable bonds is 7. The van der Waals surface area contributed by atoms with E-state index >= 15 is 0 Å². The minimum atomic E-state index is -0.412. The van der Waals surface area contributed by atoms with Crippen LogP contribution in [0.15, 0.2) is 0 Å². The van der Waals surface area contributed by atoms with Gasteiger partial charge in [0.25, 0.3) is 0 Å². The summed E-state index contributed by atoms with van der Waals surface area (Å²) in [6.45, 7) is 6.65. The summed E-state index contributed by atoms with van der Waals surface area (Å²) in [6, 6.07) is 0. The maximum Gasteiger partial charge on any atom is 0.225 e. The lowest BCUT2D eigenvalue weighted by atomic mass is 9.96. The monoisotopic (exact) mass is 259 g/mol. The zero-order chi connectivity index (χ0) is 14.2. The van der Waals surface area contributed by atoms with Gasteiger partial charge in [-0.2, -0.15) is 0 Å². The Bertz CT molecular complexity index is 270. The van der Waals surface area contributed by atoms with Gasteiger partial charge in [-0.3, -0.25) is 9.59 Å². The van der Waals surface area contributed by atoms with Gasteiger partial charge in [0.1, 0.15) is 0 Å². The van der Waals surface area contributed by atoms with Gasteiger partial charge in [-0.05, 0) is 0 Å². The summed E-state index contributed by atoms with van der Waals surface area (Å²) >= 11 is 0. The number of methoxy groups -OCH3 is 1. The Morgan fingerprint density at radius 3 is 2.22 bits per heavy atom. The zero-order valence-electron chi connectivity index (χ0n) is 11.7. The highest BCUT2D eigenvalue weighted by atomic mass is 16.5. The normalized spacial score (nSPS) is 12.9. The van der Waals surface area contributed by atoms with Crippen molar-refractivity contribution in [1.82, 2.24) is 10.6 Å². The first-order chi connectivity index (χ1) is 8.31. The Labute approximate surface area is 109 Å². The third-order valence-corrected chi connectivity index (χ3v) is 2.42. The van der Waals surface area contributed by atoms with Crippen molar-refractivity contribution in [3.8, 4) is 0 Å². The topological polar surface area (TPSA) is 93.4 Å². The van der Waals surface area contributed by atoms with Crippen molar-refractivity contribution in [2.45, 2.75) is 33.3 Å². The van der Waals surface area contributed by atoms with Crippen LogP contribution in [0.1, 0.15) is 27.2 Å². The number of carbonyl (C=O) groups is 2. The number of carbonyl (C=O) groups excluding carboxylic acids is 2. The van der Waals surface area contributed by atoms with Crippen molar-refractivity contribution in [3.63, 3.8) is 0 Å². The maximum atomic E-state index is 11.5. The van der Waals surface area contributed by atoms with Crippen LogP contribution < -0.4 is 16.4 Å². The van der Waals surface area contributed by atoms with E-state index in [4.69, 9.17) is 10.5 Å². The molecule has 4 N–H and O–H groups in total. The van der Waals surface area contributed by atoms with Crippen LogP contribution in [0, 0.1) is 5.41 Å². The molecule has 6 heteroatoms. The predicted molar refractivity (Wildman–Crippen MR) is 69.9 cm³/mol. The van der Waals surface area contributed by atoms with Crippen molar-refractivity contribution >= 4 is 11.8 Å². The van der Waals surface area contributed by atoms with Crippen LogP contribution in [0.5, 0.6) is 0 Å². The summed E-state index contributed by atoms with van der Waals surface area (Å²) in [7, 11) is 1.52. The van der Waals surface area contributed by atoms with E-state index in [1.165, 1.54) is 7.11 Å². The van der Waals surface area contributed by atoms with E-state index in [9.17, 15) is 9.59 Å². The number of nitrogens with one attached hydrogen (secondary N) is 2. The fourth-order valence-electron chi connectivity index (χ4n) is 1.18. The second-order valence-corrected chi connectivity index (χ2v) is 5.15. The van der Waals surface area contributed by atoms with E-state index < -0.39 is 5.41 Å². The summed E-state index contributed by atoms with van der Waals surface area (Å²) < 4.78 is 5.00. The number of hydrogen-bond acceptors (Lipinski definition) is 4. The van der Waals surface area contributed by atoms with Gasteiger partial charge in [0.15, 0.2) is 0 Å².